The number of halogens is 2. The first kappa shape index (κ1) is 21.3. The van der Waals surface area contributed by atoms with E-state index in [2.05, 4.69) is 10.6 Å². The van der Waals surface area contributed by atoms with Gasteiger partial charge in [0.1, 0.15) is 17.4 Å². The van der Waals surface area contributed by atoms with E-state index < -0.39 is 23.6 Å². The number of benzene rings is 2. The molecule has 7 heteroatoms. The van der Waals surface area contributed by atoms with Gasteiger partial charge in [0.2, 0.25) is 0 Å². The van der Waals surface area contributed by atoms with Crippen molar-refractivity contribution in [2.24, 2.45) is 0 Å². The highest BCUT2D eigenvalue weighted by atomic mass is 19.1. The Morgan fingerprint density at radius 3 is 2.36 bits per heavy atom. The normalized spacial score (nSPS) is 11.8. The minimum atomic E-state index is -0.938. The Kier molecular flexibility index (Phi) is 7.49. The summed E-state index contributed by atoms with van der Waals surface area (Å²) < 4.78 is 32.2. The van der Waals surface area contributed by atoms with Crippen LogP contribution in [-0.2, 0) is 4.79 Å². The van der Waals surface area contributed by atoms with Crippen LogP contribution in [-0.4, -0.2) is 31.0 Å². The summed E-state index contributed by atoms with van der Waals surface area (Å²) in [4.78, 5) is 24.1. The molecule has 2 aromatic carbocycles. The van der Waals surface area contributed by atoms with Crippen molar-refractivity contribution in [2.75, 3.05) is 13.1 Å². The first-order valence-electron chi connectivity index (χ1n) is 9.06. The van der Waals surface area contributed by atoms with E-state index in [0.29, 0.717) is 11.8 Å². The van der Waals surface area contributed by atoms with Gasteiger partial charge < -0.3 is 15.4 Å². The van der Waals surface area contributed by atoms with Gasteiger partial charge in [0, 0.05) is 19.2 Å². The first-order valence-corrected chi connectivity index (χ1v) is 9.06. The van der Waals surface area contributed by atoms with Gasteiger partial charge >= 0.3 is 0 Å². The number of rotatable bonds is 8. The van der Waals surface area contributed by atoms with Gasteiger partial charge in [-0.25, -0.2) is 8.78 Å². The van der Waals surface area contributed by atoms with Gasteiger partial charge in [-0.2, -0.15) is 0 Å². The third kappa shape index (κ3) is 5.77. The van der Waals surface area contributed by atoms with Crippen LogP contribution in [0.25, 0.3) is 0 Å². The van der Waals surface area contributed by atoms with E-state index in [-0.39, 0.29) is 30.5 Å². The van der Waals surface area contributed by atoms with Gasteiger partial charge in [-0.05, 0) is 36.6 Å². The molecule has 0 fully saturated rings. The molecule has 0 saturated heterocycles. The molecule has 1 unspecified atom stereocenters. The largest absolute Gasteiger partial charge is 0.481 e. The maximum Gasteiger partial charge on any atom is 0.260 e. The second kappa shape index (κ2) is 9.82. The maximum absolute atomic E-state index is 13.6. The van der Waals surface area contributed by atoms with E-state index in [9.17, 15) is 18.4 Å². The molecule has 0 bridgehead atoms. The molecule has 0 spiro atoms. The number of carbonyl (C=O) groups is 2. The van der Waals surface area contributed by atoms with Gasteiger partial charge in [-0.3, -0.25) is 9.59 Å². The monoisotopic (exact) mass is 390 g/mol. The lowest BCUT2D eigenvalue weighted by Gasteiger charge is -2.18. The van der Waals surface area contributed by atoms with E-state index in [4.69, 9.17) is 4.74 Å². The van der Waals surface area contributed by atoms with Crippen molar-refractivity contribution in [3.63, 3.8) is 0 Å². The zero-order valence-electron chi connectivity index (χ0n) is 16.1. The molecule has 150 valence electrons. The third-order valence-corrected chi connectivity index (χ3v) is 4.10. The Morgan fingerprint density at radius 2 is 1.68 bits per heavy atom. The molecule has 0 aliphatic carbocycles. The molecule has 0 aliphatic rings. The first-order chi connectivity index (χ1) is 13.3. The van der Waals surface area contributed by atoms with Crippen molar-refractivity contribution in [3.8, 4) is 5.75 Å². The minimum absolute atomic E-state index is 0.0939. The molecule has 28 heavy (non-hydrogen) atoms. The highest BCUT2D eigenvalue weighted by molar-refractivity contribution is 5.94. The summed E-state index contributed by atoms with van der Waals surface area (Å²) in [7, 11) is 0. The highest BCUT2D eigenvalue weighted by Crippen LogP contribution is 2.26. The second-order valence-corrected chi connectivity index (χ2v) is 6.62. The molecule has 2 aromatic rings. The summed E-state index contributed by atoms with van der Waals surface area (Å²) in [5, 5.41) is 5.12. The van der Waals surface area contributed by atoms with E-state index in [1.807, 2.05) is 38.1 Å². The van der Waals surface area contributed by atoms with Gasteiger partial charge in [-0.15, -0.1) is 0 Å². The van der Waals surface area contributed by atoms with Gasteiger partial charge in [0.25, 0.3) is 11.8 Å². The van der Waals surface area contributed by atoms with E-state index >= 15 is 0 Å². The summed E-state index contributed by atoms with van der Waals surface area (Å²) in [6, 6.07) is 10.2. The predicted octanol–water partition coefficient (Wildman–Crippen LogP) is 3.40. The van der Waals surface area contributed by atoms with Crippen molar-refractivity contribution in [1.29, 1.82) is 0 Å². The van der Waals surface area contributed by atoms with E-state index in [0.717, 1.165) is 17.7 Å². The molecule has 2 amide bonds. The molecule has 2 rings (SSSR count). The fourth-order valence-corrected chi connectivity index (χ4v) is 2.58. The topological polar surface area (TPSA) is 67.4 Å². The van der Waals surface area contributed by atoms with Crippen molar-refractivity contribution in [2.45, 2.75) is 32.8 Å². The number of carbonyl (C=O) groups excluding carboxylic acids is 2. The van der Waals surface area contributed by atoms with Crippen LogP contribution in [0.4, 0.5) is 8.78 Å². The number of ether oxygens (including phenoxy) is 1. The molecule has 5 nitrogen and oxygen atoms in total. The van der Waals surface area contributed by atoms with Gasteiger partial charge in [0.05, 0.1) is 5.56 Å². The molecule has 0 saturated carbocycles. The summed E-state index contributed by atoms with van der Waals surface area (Å²) in [5.74, 6) is -1.79. The van der Waals surface area contributed by atoms with Gasteiger partial charge in [-0.1, -0.05) is 32.0 Å². The van der Waals surface area contributed by atoms with Crippen molar-refractivity contribution < 1.29 is 23.1 Å². The molecule has 0 aliphatic heterocycles. The molecular formula is C21H24F2N2O3. The standard InChI is InChI=1S/C21H24F2N2O3/c1-13(2)16-6-4-5-7-19(16)28-14(3)20(26)24-10-11-25-21(27)17-9-8-15(22)12-18(17)23/h4-9,12-14H,10-11H2,1-3H3,(H,24,26)(H,25,27). The molecule has 0 heterocycles. The third-order valence-electron chi connectivity index (χ3n) is 4.10. The average Bonchev–Trinajstić information content (AvgIpc) is 2.65. The second-order valence-electron chi connectivity index (χ2n) is 6.62. The van der Waals surface area contributed by atoms with Crippen LogP contribution in [0.1, 0.15) is 42.6 Å². The lowest BCUT2D eigenvalue weighted by atomic mass is 10.0. The molecule has 0 aromatic heterocycles. The zero-order valence-corrected chi connectivity index (χ0v) is 16.1. The summed E-state index contributed by atoms with van der Waals surface area (Å²) in [6.07, 6.45) is -0.717. The smallest absolute Gasteiger partial charge is 0.260 e. The Labute approximate surface area is 163 Å². The lowest BCUT2D eigenvalue weighted by molar-refractivity contribution is -0.127. The van der Waals surface area contributed by atoms with Crippen molar-refractivity contribution >= 4 is 11.8 Å². The predicted molar refractivity (Wildman–Crippen MR) is 102 cm³/mol. The van der Waals surface area contributed by atoms with Crippen LogP contribution < -0.4 is 15.4 Å². The molecular weight excluding hydrogens is 366 g/mol. The molecule has 1 atom stereocenters. The summed E-state index contributed by atoms with van der Waals surface area (Å²) in [6.45, 7) is 5.96. The lowest BCUT2D eigenvalue weighted by Crippen LogP contribution is -2.40. The van der Waals surface area contributed by atoms with Crippen molar-refractivity contribution in [1.82, 2.24) is 10.6 Å². The average molecular weight is 390 g/mol. The van der Waals surface area contributed by atoms with Crippen LogP contribution in [0.2, 0.25) is 0 Å². The Hall–Kier alpha value is -2.96. The van der Waals surface area contributed by atoms with Crippen LogP contribution in [0.5, 0.6) is 5.75 Å². The van der Waals surface area contributed by atoms with Gasteiger partial charge in [0.15, 0.2) is 6.10 Å². The van der Waals surface area contributed by atoms with Crippen LogP contribution >= 0.6 is 0 Å². The number of hydrogen-bond acceptors (Lipinski definition) is 3. The molecule has 2 N–H and O–H groups in total. The fourth-order valence-electron chi connectivity index (χ4n) is 2.58. The van der Waals surface area contributed by atoms with Crippen LogP contribution in [0, 0.1) is 11.6 Å². The Morgan fingerprint density at radius 1 is 1.00 bits per heavy atom. The highest BCUT2D eigenvalue weighted by Gasteiger charge is 2.17. The Balaban J connectivity index is 1.80. The number of para-hydroxylation sites is 1. The fraction of sp³-hybridized carbons (Fsp3) is 0.333. The number of amides is 2. The Bertz CT molecular complexity index is 840. The molecule has 0 radical (unpaired) electrons. The van der Waals surface area contributed by atoms with Crippen LogP contribution in [0.15, 0.2) is 42.5 Å². The van der Waals surface area contributed by atoms with E-state index in [1.165, 1.54) is 0 Å². The quantitative estimate of drug-likeness (QED) is 0.679. The number of nitrogens with one attached hydrogen (secondary N) is 2. The zero-order chi connectivity index (χ0) is 20.7. The number of hydrogen-bond donors (Lipinski definition) is 2. The maximum atomic E-state index is 13.6. The van der Waals surface area contributed by atoms with E-state index in [1.54, 1.807) is 6.92 Å². The van der Waals surface area contributed by atoms with Crippen molar-refractivity contribution in [3.05, 3.63) is 65.2 Å². The summed E-state index contributed by atoms with van der Waals surface area (Å²) >= 11 is 0. The van der Waals surface area contributed by atoms with Crippen LogP contribution in [0.3, 0.4) is 0 Å². The summed E-state index contributed by atoms with van der Waals surface area (Å²) in [5.41, 5.74) is 0.755. The SMILES string of the molecule is CC(Oc1ccccc1C(C)C)C(=O)NCCNC(=O)c1ccc(F)cc1F. The minimum Gasteiger partial charge on any atom is -0.481 e.